The summed E-state index contributed by atoms with van der Waals surface area (Å²) in [7, 11) is -3.59. The molecule has 7 nitrogen and oxygen atoms in total. The van der Waals surface area contributed by atoms with E-state index in [0.717, 1.165) is 0 Å². The van der Waals surface area contributed by atoms with E-state index in [2.05, 4.69) is 5.32 Å². The molecule has 2 amide bonds. The topological polar surface area (TPSA) is 86.8 Å². The smallest absolute Gasteiger partial charge is 0.249 e. The van der Waals surface area contributed by atoms with Gasteiger partial charge in [0.1, 0.15) is 6.04 Å². The number of carbonyl (C=O) groups excluding carboxylic acids is 2. The van der Waals surface area contributed by atoms with Crippen LogP contribution in [0.3, 0.4) is 0 Å². The molecule has 0 saturated carbocycles. The van der Waals surface area contributed by atoms with E-state index in [1.165, 1.54) is 4.31 Å². The fourth-order valence-electron chi connectivity index (χ4n) is 3.60. The molecule has 1 saturated heterocycles. The van der Waals surface area contributed by atoms with E-state index >= 15 is 0 Å². The molecule has 0 aliphatic carbocycles. The summed E-state index contributed by atoms with van der Waals surface area (Å²) in [6, 6.07) is 16.6. The molecule has 1 fully saturated rings. The fraction of sp³-hybridized carbons (Fsp3) is 0.391. The van der Waals surface area contributed by atoms with Crippen LogP contribution in [0.4, 0.5) is 0 Å². The van der Waals surface area contributed by atoms with Crippen molar-refractivity contribution in [2.24, 2.45) is 5.92 Å². The van der Waals surface area contributed by atoms with Crippen LogP contribution in [0.5, 0.6) is 0 Å². The number of hydrogen-bond acceptors (Lipinski definition) is 4. The number of carbonyl (C=O) groups is 2. The Kier molecular flexibility index (Phi) is 7.46. The third kappa shape index (κ3) is 5.71. The SMILES string of the molecule is CC(C)CC(=O)NC(C(=O)N1CCN(S(=O)(=O)c2ccccc2)CC1)c1ccccc1. The number of rotatable bonds is 7. The highest BCUT2D eigenvalue weighted by Crippen LogP contribution is 2.21. The van der Waals surface area contributed by atoms with Gasteiger partial charge in [-0.3, -0.25) is 9.59 Å². The minimum atomic E-state index is -3.59. The lowest BCUT2D eigenvalue weighted by Crippen LogP contribution is -2.53. The zero-order valence-corrected chi connectivity index (χ0v) is 18.7. The van der Waals surface area contributed by atoms with Crippen molar-refractivity contribution >= 4 is 21.8 Å². The second kappa shape index (κ2) is 10.1. The van der Waals surface area contributed by atoms with E-state index in [9.17, 15) is 18.0 Å². The summed E-state index contributed by atoms with van der Waals surface area (Å²) in [5, 5.41) is 2.87. The van der Waals surface area contributed by atoms with E-state index in [0.29, 0.717) is 12.0 Å². The quantitative estimate of drug-likeness (QED) is 0.712. The fourth-order valence-corrected chi connectivity index (χ4v) is 5.04. The molecule has 2 aromatic rings. The van der Waals surface area contributed by atoms with Gasteiger partial charge in [0, 0.05) is 32.6 Å². The van der Waals surface area contributed by atoms with Gasteiger partial charge in [-0.05, 0) is 23.6 Å². The Morgan fingerprint density at radius 3 is 2.00 bits per heavy atom. The number of sulfonamides is 1. The van der Waals surface area contributed by atoms with Gasteiger partial charge in [-0.15, -0.1) is 0 Å². The Morgan fingerprint density at radius 1 is 0.903 bits per heavy atom. The summed E-state index contributed by atoms with van der Waals surface area (Å²) in [6.07, 6.45) is 0.333. The van der Waals surface area contributed by atoms with Crippen molar-refractivity contribution < 1.29 is 18.0 Å². The Labute approximate surface area is 184 Å². The predicted octanol–water partition coefficient (Wildman–Crippen LogP) is 2.42. The van der Waals surface area contributed by atoms with Crippen LogP contribution in [0.15, 0.2) is 65.6 Å². The van der Waals surface area contributed by atoms with Gasteiger partial charge in [0.15, 0.2) is 0 Å². The van der Waals surface area contributed by atoms with E-state index in [1.54, 1.807) is 35.2 Å². The number of hydrogen-bond donors (Lipinski definition) is 1. The molecule has 0 radical (unpaired) electrons. The number of nitrogens with one attached hydrogen (secondary N) is 1. The molecule has 166 valence electrons. The summed E-state index contributed by atoms with van der Waals surface area (Å²) < 4.78 is 27.1. The van der Waals surface area contributed by atoms with Gasteiger partial charge in [0.2, 0.25) is 21.8 Å². The largest absolute Gasteiger partial charge is 0.341 e. The molecule has 1 unspecified atom stereocenters. The summed E-state index contributed by atoms with van der Waals surface area (Å²) in [4.78, 5) is 27.6. The zero-order chi connectivity index (χ0) is 22.4. The van der Waals surface area contributed by atoms with E-state index in [4.69, 9.17) is 0 Å². The maximum absolute atomic E-state index is 13.3. The molecular formula is C23H29N3O4S. The number of piperazine rings is 1. The average Bonchev–Trinajstić information content (AvgIpc) is 2.78. The van der Waals surface area contributed by atoms with Crippen LogP contribution in [0.1, 0.15) is 31.9 Å². The highest BCUT2D eigenvalue weighted by atomic mass is 32.2. The van der Waals surface area contributed by atoms with E-state index < -0.39 is 16.1 Å². The van der Waals surface area contributed by atoms with Crippen molar-refractivity contribution in [1.82, 2.24) is 14.5 Å². The van der Waals surface area contributed by atoms with E-state index in [-0.39, 0.29) is 48.8 Å². The van der Waals surface area contributed by atoms with Crippen LogP contribution in [-0.4, -0.2) is 55.6 Å². The molecule has 1 N–H and O–H groups in total. The summed E-state index contributed by atoms with van der Waals surface area (Å²) in [5.41, 5.74) is 0.712. The first-order valence-electron chi connectivity index (χ1n) is 10.5. The van der Waals surface area contributed by atoms with Gasteiger partial charge in [0.05, 0.1) is 4.90 Å². The predicted molar refractivity (Wildman–Crippen MR) is 119 cm³/mol. The van der Waals surface area contributed by atoms with Crippen LogP contribution < -0.4 is 5.32 Å². The van der Waals surface area contributed by atoms with E-state index in [1.807, 2.05) is 44.2 Å². The van der Waals surface area contributed by atoms with Gasteiger partial charge < -0.3 is 10.2 Å². The van der Waals surface area contributed by atoms with Crippen molar-refractivity contribution in [3.8, 4) is 0 Å². The van der Waals surface area contributed by atoms with Gasteiger partial charge in [-0.1, -0.05) is 62.4 Å². The Bertz CT molecular complexity index is 986. The summed E-state index contributed by atoms with van der Waals surface area (Å²) >= 11 is 0. The second-order valence-corrected chi connectivity index (χ2v) is 9.99. The molecule has 1 heterocycles. The number of nitrogens with zero attached hydrogens (tertiary/aromatic N) is 2. The molecule has 3 rings (SSSR count). The molecular weight excluding hydrogens is 414 g/mol. The lowest BCUT2D eigenvalue weighted by Gasteiger charge is -2.36. The zero-order valence-electron chi connectivity index (χ0n) is 17.9. The molecule has 0 aromatic heterocycles. The summed E-state index contributed by atoms with van der Waals surface area (Å²) in [5.74, 6) is -0.221. The first kappa shape index (κ1) is 23.0. The Hall–Kier alpha value is -2.71. The molecule has 1 atom stereocenters. The lowest BCUT2D eigenvalue weighted by molar-refractivity contribution is -0.137. The van der Waals surface area contributed by atoms with Crippen LogP contribution >= 0.6 is 0 Å². The van der Waals surface area contributed by atoms with Crippen molar-refractivity contribution in [3.63, 3.8) is 0 Å². The summed E-state index contributed by atoms with van der Waals surface area (Å²) in [6.45, 7) is 4.87. The molecule has 1 aliphatic rings. The average molecular weight is 444 g/mol. The molecule has 0 bridgehead atoms. The molecule has 1 aliphatic heterocycles. The van der Waals surface area contributed by atoms with Crippen molar-refractivity contribution in [2.45, 2.75) is 31.2 Å². The number of benzene rings is 2. The lowest BCUT2D eigenvalue weighted by atomic mass is 10.0. The number of amides is 2. The molecule has 8 heteroatoms. The maximum Gasteiger partial charge on any atom is 0.249 e. The molecule has 0 spiro atoms. The normalized spacial score (nSPS) is 16.2. The monoisotopic (exact) mass is 443 g/mol. The van der Waals surface area contributed by atoms with Crippen molar-refractivity contribution in [1.29, 1.82) is 0 Å². The van der Waals surface area contributed by atoms with Crippen LogP contribution in [0, 0.1) is 5.92 Å². The Balaban J connectivity index is 1.71. The molecule has 2 aromatic carbocycles. The molecule has 31 heavy (non-hydrogen) atoms. The standard InChI is InChI=1S/C23H29N3O4S/c1-18(2)17-21(27)24-22(19-9-5-3-6-10-19)23(28)25-13-15-26(16-14-25)31(29,30)20-11-7-4-8-12-20/h3-12,18,22H,13-17H2,1-2H3,(H,24,27). The highest BCUT2D eigenvalue weighted by molar-refractivity contribution is 7.89. The van der Waals surface area contributed by atoms with Crippen molar-refractivity contribution in [2.75, 3.05) is 26.2 Å². The van der Waals surface area contributed by atoms with Gasteiger partial charge in [0.25, 0.3) is 0 Å². The third-order valence-corrected chi connectivity index (χ3v) is 7.12. The van der Waals surface area contributed by atoms with Crippen molar-refractivity contribution in [3.05, 3.63) is 66.2 Å². The minimum absolute atomic E-state index is 0.178. The Morgan fingerprint density at radius 2 is 1.45 bits per heavy atom. The van der Waals surface area contributed by atoms with Crippen LogP contribution in [0.2, 0.25) is 0 Å². The van der Waals surface area contributed by atoms with Crippen LogP contribution in [-0.2, 0) is 19.6 Å². The minimum Gasteiger partial charge on any atom is -0.341 e. The first-order valence-corrected chi connectivity index (χ1v) is 11.9. The van der Waals surface area contributed by atoms with Gasteiger partial charge in [-0.2, -0.15) is 4.31 Å². The van der Waals surface area contributed by atoms with Gasteiger partial charge in [-0.25, -0.2) is 8.42 Å². The highest BCUT2D eigenvalue weighted by Gasteiger charge is 2.33. The maximum atomic E-state index is 13.3. The third-order valence-electron chi connectivity index (χ3n) is 5.21. The first-order chi connectivity index (χ1) is 14.8. The second-order valence-electron chi connectivity index (χ2n) is 8.05. The van der Waals surface area contributed by atoms with Gasteiger partial charge >= 0.3 is 0 Å². The van der Waals surface area contributed by atoms with Crippen LogP contribution in [0.25, 0.3) is 0 Å².